The highest BCUT2D eigenvalue weighted by Gasteiger charge is 2.62. The lowest BCUT2D eigenvalue weighted by atomic mass is 9.75. The Bertz CT molecular complexity index is 620. The summed E-state index contributed by atoms with van der Waals surface area (Å²) >= 11 is 0. The van der Waals surface area contributed by atoms with Gasteiger partial charge in [-0.05, 0) is 32.1 Å². The number of carbonyl (C=O) groups is 1. The molecule has 3 rings (SSSR count). The number of nitrogens with one attached hydrogen (secondary N) is 1. The normalized spacial score (nSPS) is 22.4. The van der Waals surface area contributed by atoms with Crippen LogP contribution in [0.15, 0.2) is 4.52 Å². The zero-order valence-electron chi connectivity index (χ0n) is 13.9. The molecule has 1 aromatic rings. The second-order valence-electron chi connectivity index (χ2n) is 7.31. The SMILES string of the molecule is CC(C)c1nc(C2(NC(=O)C(F)(F)C3(O)CCC3)CCCC2)no1. The fraction of sp³-hybridized carbons (Fsp3) is 0.812. The quantitative estimate of drug-likeness (QED) is 0.858. The molecular formula is C16H23F2N3O3. The van der Waals surface area contributed by atoms with Gasteiger partial charge in [0.15, 0.2) is 5.82 Å². The maximum absolute atomic E-state index is 14.4. The van der Waals surface area contributed by atoms with Gasteiger partial charge in [0.2, 0.25) is 5.89 Å². The van der Waals surface area contributed by atoms with E-state index in [-0.39, 0.29) is 24.6 Å². The van der Waals surface area contributed by atoms with Crippen molar-refractivity contribution in [2.24, 2.45) is 0 Å². The van der Waals surface area contributed by atoms with E-state index in [4.69, 9.17) is 4.52 Å². The first kappa shape index (κ1) is 17.3. The Kier molecular flexibility index (Phi) is 4.14. The molecule has 1 heterocycles. The zero-order chi connectivity index (χ0) is 17.6. The monoisotopic (exact) mass is 343 g/mol. The molecular weight excluding hydrogens is 320 g/mol. The highest BCUT2D eigenvalue weighted by Crippen LogP contribution is 2.46. The minimum Gasteiger partial charge on any atom is -0.383 e. The lowest BCUT2D eigenvalue weighted by molar-refractivity contribution is -0.217. The molecule has 0 radical (unpaired) electrons. The molecule has 8 heteroatoms. The van der Waals surface area contributed by atoms with Crippen molar-refractivity contribution in [2.75, 3.05) is 0 Å². The van der Waals surface area contributed by atoms with Gasteiger partial charge in [0.25, 0.3) is 5.91 Å². The lowest BCUT2D eigenvalue weighted by Crippen LogP contribution is -2.63. The molecule has 0 spiro atoms. The van der Waals surface area contributed by atoms with Gasteiger partial charge in [0, 0.05) is 5.92 Å². The second kappa shape index (κ2) is 5.75. The van der Waals surface area contributed by atoms with Gasteiger partial charge in [0.05, 0.1) is 0 Å². The van der Waals surface area contributed by atoms with Crippen molar-refractivity contribution in [3.05, 3.63) is 11.7 Å². The summed E-state index contributed by atoms with van der Waals surface area (Å²) in [6.45, 7) is 3.77. The average Bonchev–Trinajstić information content (AvgIpc) is 3.13. The first-order valence-corrected chi connectivity index (χ1v) is 8.47. The van der Waals surface area contributed by atoms with E-state index in [1.165, 1.54) is 0 Å². The summed E-state index contributed by atoms with van der Waals surface area (Å²) in [5, 5.41) is 16.3. The summed E-state index contributed by atoms with van der Waals surface area (Å²) in [5.41, 5.74) is -3.28. The van der Waals surface area contributed by atoms with Gasteiger partial charge in [0.1, 0.15) is 11.1 Å². The third kappa shape index (κ3) is 2.60. The molecule has 2 N–H and O–H groups in total. The highest BCUT2D eigenvalue weighted by atomic mass is 19.3. The minimum absolute atomic E-state index is 0.0116. The van der Waals surface area contributed by atoms with Gasteiger partial charge in [-0.2, -0.15) is 13.8 Å². The number of alkyl halides is 2. The number of hydrogen-bond donors (Lipinski definition) is 2. The maximum Gasteiger partial charge on any atom is 0.352 e. The number of aliphatic hydroxyl groups is 1. The third-order valence-corrected chi connectivity index (χ3v) is 5.22. The van der Waals surface area contributed by atoms with Gasteiger partial charge in [-0.3, -0.25) is 4.79 Å². The fourth-order valence-electron chi connectivity index (χ4n) is 3.38. The molecule has 2 aliphatic rings. The molecule has 0 aliphatic heterocycles. The first-order valence-electron chi connectivity index (χ1n) is 8.47. The fourth-order valence-corrected chi connectivity index (χ4v) is 3.38. The molecule has 24 heavy (non-hydrogen) atoms. The Labute approximate surface area is 139 Å². The number of hydrogen-bond acceptors (Lipinski definition) is 5. The second-order valence-corrected chi connectivity index (χ2v) is 7.31. The number of halogens is 2. The van der Waals surface area contributed by atoms with E-state index in [1.54, 1.807) is 0 Å². The molecule has 0 aromatic carbocycles. The Balaban J connectivity index is 1.84. The summed E-state index contributed by atoms with van der Waals surface area (Å²) in [6, 6.07) is 0. The summed E-state index contributed by atoms with van der Waals surface area (Å²) < 4.78 is 34.0. The van der Waals surface area contributed by atoms with Crippen LogP contribution in [0.25, 0.3) is 0 Å². The molecule has 0 unspecified atom stereocenters. The Morgan fingerprint density at radius 2 is 1.88 bits per heavy atom. The summed E-state index contributed by atoms with van der Waals surface area (Å²) in [5.74, 6) is -4.62. The zero-order valence-corrected chi connectivity index (χ0v) is 13.9. The largest absolute Gasteiger partial charge is 0.383 e. The predicted molar refractivity (Wildman–Crippen MR) is 80.4 cm³/mol. The van der Waals surface area contributed by atoms with Crippen LogP contribution in [-0.2, 0) is 10.3 Å². The van der Waals surface area contributed by atoms with Crippen LogP contribution in [-0.4, -0.2) is 32.7 Å². The summed E-state index contributed by atoms with van der Waals surface area (Å²) in [4.78, 5) is 16.6. The number of rotatable bonds is 5. The Hall–Kier alpha value is -1.57. The number of amides is 1. The summed E-state index contributed by atoms with van der Waals surface area (Å²) in [6.07, 6.45) is 2.87. The van der Waals surface area contributed by atoms with Crippen molar-refractivity contribution >= 4 is 5.91 Å². The van der Waals surface area contributed by atoms with E-state index < -0.39 is 23.0 Å². The van der Waals surface area contributed by atoms with Crippen LogP contribution in [0.5, 0.6) is 0 Å². The molecule has 0 saturated heterocycles. The molecule has 1 aromatic heterocycles. The molecule has 2 aliphatic carbocycles. The van der Waals surface area contributed by atoms with E-state index in [2.05, 4.69) is 15.5 Å². The van der Waals surface area contributed by atoms with Crippen LogP contribution in [0.2, 0.25) is 0 Å². The number of aromatic nitrogens is 2. The van der Waals surface area contributed by atoms with Gasteiger partial charge < -0.3 is 14.9 Å². The molecule has 134 valence electrons. The van der Waals surface area contributed by atoms with Crippen molar-refractivity contribution in [1.29, 1.82) is 0 Å². The van der Waals surface area contributed by atoms with Crippen LogP contribution in [0, 0.1) is 0 Å². The lowest BCUT2D eigenvalue weighted by Gasteiger charge is -2.42. The topological polar surface area (TPSA) is 88.2 Å². The molecule has 6 nitrogen and oxygen atoms in total. The molecule has 2 fully saturated rings. The van der Waals surface area contributed by atoms with E-state index in [9.17, 15) is 18.7 Å². The minimum atomic E-state index is -3.83. The molecule has 2 saturated carbocycles. The summed E-state index contributed by atoms with van der Waals surface area (Å²) in [7, 11) is 0. The van der Waals surface area contributed by atoms with Gasteiger partial charge in [-0.1, -0.05) is 31.8 Å². The van der Waals surface area contributed by atoms with Gasteiger partial charge in [-0.25, -0.2) is 0 Å². The van der Waals surface area contributed by atoms with Gasteiger partial charge >= 0.3 is 5.92 Å². The van der Waals surface area contributed by atoms with Crippen molar-refractivity contribution < 1.29 is 23.2 Å². The number of nitrogens with zero attached hydrogens (tertiary/aromatic N) is 2. The van der Waals surface area contributed by atoms with E-state index in [0.29, 0.717) is 25.2 Å². The molecule has 0 bridgehead atoms. The van der Waals surface area contributed by atoms with Crippen molar-refractivity contribution in [3.63, 3.8) is 0 Å². The van der Waals surface area contributed by atoms with E-state index >= 15 is 0 Å². The highest BCUT2D eigenvalue weighted by molar-refractivity contribution is 5.85. The van der Waals surface area contributed by atoms with Crippen molar-refractivity contribution in [2.45, 2.75) is 81.8 Å². The Morgan fingerprint density at radius 3 is 2.33 bits per heavy atom. The third-order valence-electron chi connectivity index (χ3n) is 5.22. The van der Waals surface area contributed by atoms with Crippen molar-refractivity contribution in [1.82, 2.24) is 15.5 Å². The van der Waals surface area contributed by atoms with Crippen LogP contribution in [0.3, 0.4) is 0 Å². The maximum atomic E-state index is 14.4. The first-order chi connectivity index (χ1) is 11.2. The Morgan fingerprint density at radius 1 is 1.25 bits per heavy atom. The molecule has 1 amide bonds. The van der Waals surface area contributed by atoms with Crippen LogP contribution < -0.4 is 5.32 Å². The standard InChI is InChI=1S/C16H23F2N3O3/c1-10(2)11-19-12(21-24-11)14(6-3-4-7-14)20-13(22)16(17,18)15(23)8-5-9-15/h10,23H,3-9H2,1-2H3,(H,20,22). The van der Waals surface area contributed by atoms with Crippen LogP contribution in [0.4, 0.5) is 8.78 Å². The smallest absolute Gasteiger partial charge is 0.352 e. The van der Waals surface area contributed by atoms with Crippen LogP contribution >= 0.6 is 0 Å². The van der Waals surface area contributed by atoms with Gasteiger partial charge in [-0.15, -0.1) is 0 Å². The van der Waals surface area contributed by atoms with E-state index in [0.717, 1.165) is 12.8 Å². The van der Waals surface area contributed by atoms with Crippen molar-refractivity contribution in [3.8, 4) is 0 Å². The predicted octanol–water partition coefficient (Wildman–Crippen LogP) is 2.63. The van der Waals surface area contributed by atoms with E-state index in [1.807, 2.05) is 13.8 Å². The number of carbonyl (C=O) groups excluding carboxylic acids is 1. The average molecular weight is 343 g/mol. The molecule has 0 atom stereocenters. The van der Waals surface area contributed by atoms with Crippen LogP contribution in [0.1, 0.15) is 76.4 Å².